The third kappa shape index (κ3) is 3.60. The van der Waals surface area contributed by atoms with Gasteiger partial charge in [-0.25, -0.2) is 0 Å². The molecule has 0 aliphatic heterocycles. The van der Waals surface area contributed by atoms with Crippen molar-refractivity contribution in [2.75, 3.05) is 7.11 Å². The first-order chi connectivity index (χ1) is 9.60. The molecule has 0 saturated heterocycles. The number of methoxy groups -OCH3 is 1. The van der Waals surface area contributed by atoms with Gasteiger partial charge in [-0.2, -0.15) is 0 Å². The molecule has 1 aliphatic carbocycles. The van der Waals surface area contributed by atoms with E-state index >= 15 is 0 Å². The van der Waals surface area contributed by atoms with Gasteiger partial charge in [0.25, 0.3) is 0 Å². The summed E-state index contributed by atoms with van der Waals surface area (Å²) in [5.41, 5.74) is 1.02. The number of rotatable bonds is 5. The fourth-order valence-corrected chi connectivity index (χ4v) is 2.44. The highest BCUT2D eigenvalue weighted by Gasteiger charge is 2.34. The van der Waals surface area contributed by atoms with Crippen LogP contribution in [-0.2, 0) is 11.3 Å². The number of hydrogen-bond acceptors (Lipinski definition) is 3. The minimum atomic E-state index is -0.726. The predicted octanol–water partition coefficient (Wildman–Crippen LogP) is 1.52. The molecule has 0 atom stereocenters. The zero-order valence-corrected chi connectivity index (χ0v) is 12.1. The molecule has 0 radical (unpaired) electrons. The lowest BCUT2D eigenvalue weighted by atomic mass is 9.80. The van der Waals surface area contributed by atoms with E-state index in [1.165, 1.54) is 0 Å². The van der Waals surface area contributed by atoms with E-state index in [1.54, 1.807) is 7.11 Å². The number of ether oxygens (including phenoxy) is 1. The Kier molecular flexibility index (Phi) is 4.79. The van der Waals surface area contributed by atoms with Gasteiger partial charge in [-0.3, -0.25) is 4.79 Å². The lowest BCUT2D eigenvalue weighted by Gasteiger charge is -2.33. The van der Waals surface area contributed by atoms with Gasteiger partial charge >= 0.3 is 5.97 Å². The standard InChI is InChI=1S/C14H18N2O3S/c1-19-12-5-3-2-4-9(12)8-15-14(20)16-11-6-10(7-11)13(17)18/h2-5,10-11H,6-8H2,1H3,(H,17,18)(H2,15,16,20). The number of hydrogen-bond donors (Lipinski definition) is 3. The second kappa shape index (κ2) is 6.56. The van der Waals surface area contributed by atoms with Gasteiger partial charge in [0.2, 0.25) is 0 Å². The van der Waals surface area contributed by atoms with Crippen LogP contribution in [0.25, 0.3) is 0 Å². The van der Waals surface area contributed by atoms with Gasteiger partial charge in [-0.05, 0) is 31.1 Å². The summed E-state index contributed by atoms with van der Waals surface area (Å²) in [5, 5.41) is 15.6. The van der Waals surface area contributed by atoms with Crippen LogP contribution in [0.5, 0.6) is 5.75 Å². The number of carboxylic acids is 1. The van der Waals surface area contributed by atoms with Crippen molar-refractivity contribution in [3.63, 3.8) is 0 Å². The summed E-state index contributed by atoms with van der Waals surface area (Å²) in [6.45, 7) is 0.574. The maximum atomic E-state index is 10.7. The summed E-state index contributed by atoms with van der Waals surface area (Å²) >= 11 is 5.20. The van der Waals surface area contributed by atoms with Crippen LogP contribution < -0.4 is 15.4 Å². The van der Waals surface area contributed by atoms with Crippen LogP contribution in [0.1, 0.15) is 18.4 Å². The predicted molar refractivity (Wildman–Crippen MR) is 79.7 cm³/mol. The van der Waals surface area contributed by atoms with Crippen molar-refractivity contribution in [3.05, 3.63) is 29.8 Å². The lowest BCUT2D eigenvalue weighted by molar-refractivity contribution is -0.145. The molecule has 6 heteroatoms. The van der Waals surface area contributed by atoms with Crippen molar-refractivity contribution in [3.8, 4) is 5.75 Å². The van der Waals surface area contributed by atoms with Gasteiger partial charge in [-0.1, -0.05) is 18.2 Å². The van der Waals surface area contributed by atoms with E-state index in [0.717, 1.165) is 11.3 Å². The van der Waals surface area contributed by atoms with Gasteiger partial charge in [-0.15, -0.1) is 0 Å². The lowest BCUT2D eigenvalue weighted by Crippen LogP contribution is -2.49. The molecule has 0 amide bonds. The third-order valence-electron chi connectivity index (χ3n) is 3.45. The SMILES string of the molecule is COc1ccccc1CNC(=S)NC1CC(C(=O)O)C1. The second-order valence-corrected chi connectivity index (χ2v) is 5.25. The smallest absolute Gasteiger partial charge is 0.306 e. The molecule has 0 bridgehead atoms. The molecule has 2 rings (SSSR count). The Balaban J connectivity index is 1.74. The van der Waals surface area contributed by atoms with E-state index in [0.29, 0.717) is 24.5 Å². The van der Waals surface area contributed by atoms with E-state index in [4.69, 9.17) is 22.1 Å². The quantitative estimate of drug-likeness (QED) is 0.715. The molecule has 3 N–H and O–H groups in total. The minimum Gasteiger partial charge on any atom is -0.496 e. The first kappa shape index (κ1) is 14.6. The summed E-state index contributed by atoms with van der Waals surface area (Å²) < 4.78 is 5.26. The van der Waals surface area contributed by atoms with E-state index in [-0.39, 0.29) is 12.0 Å². The largest absolute Gasteiger partial charge is 0.496 e. The summed E-state index contributed by atoms with van der Waals surface area (Å²) in [7, 11) is 1.63. The minimum absolute atomic E-state index is 0.161. The van der Waals surface area contributed by atoms with Gasteiger partial charge in [0.15, 0.2) is 5.11 Å². The normalized spacial score (nSPS) is 20.6. The van der Waals surface area contributed by atoms with Crippen molar-refractivity contribution in [2.45, 2.75) is 25.4 Å². The number of carboxylic acid groups (broad SMARTS) is 1. The Bertz CT molecular complexity index is 501. The van der Waals surface area contributed by atoms with Gasteiger partial charge in [0.1, 0.15) is 5.75 Å². The number of carbonyl (C=O) groups is 1. The van der Waals surface area contributed by atoms with Crippen LogP contribution >= 0.6 is 12.2 Å². The van der Waals surface area contributed by atoms with Crippen LogP contribution in [0, 0.1) is 5.92 Å². The molecule has 0 heterocycles. The average molecular weight is 294 g/mol. The highest BCUT2D eigenvalue weighted by Crippen LogP contribution is 2.27. The van der Waals surface area contributed by atoms with Crippen molar-refractivity contribution in [2.24, 2.45) is 5.92 Å². The number of thiocarbonyl (C=S) groups is 1. The molecule has 20 heavy (non-hydrogen) atoms. The Morgan fingerprint density at radius 2 is 2.15 bits per heavy atom. The zero-order chi connectivity index (χ0) is 14.5. The summed E-state index contributed by atoms with van der Waals surface area (Å²) in [6.07, 6.45) is 1.26. The fraction of sp³-hybridized carbons (Fsp3) is 0.429. The Morgan fingerprint density at radius 1 is 1.45 bits per heavy atom. The Labute approximate surface area is 123 Å². The van der Waals surface area contributed by atoms with Crippen LogP contribution in [0.4, 0.5) is 0 Å². The first-order valence-electron chi connectivity index (χ1n) is 6.49. The molecule has 1 saturated carbocycles. The molecule has 1 aromatic carbocycles. The number of benzene rings is 1. The maximum absolute atomic E-state index is 10.7. The average Bonchev–Trinajstić information content (AvgIpc) is 2.39. The van der Waals surface area contributed by atoms with E-state index in [2.05, 4.69) is 10.6 Å². The molecule has 0 spiro atoms. The van der Waals surface area contributed by atoms with Crippen molar-refractivity contribution < 1.29 is 14.6 Å². The zero-order valence-electron chi connectivity index (χ0n) is 11.3. The maximum Gasteiger partial charge on any atom is 0.306 e. The fourth-order valence-electron chi connectivity index (χ4n) is 2.20. The molecule has 5 nitrogen and oxygen atoms in total. The molecule has 0 unspecified atom stereocenters. The molecular formula is C14H18N2O3S. The molecule has 0 aromatic heterocycles. The van der Waals surface area contributed by atoms with Crippen molar-refractivity contribution >= 4 is 23.3 Å². The molecule has 108 valence electrons. The molecule has 1 aliphatic rings. The van der Waals surface area contributed by atoms with E-state index in [1.807, 2.05) is 24.3 Å². The molecule has 1 aromatic rings. The van der Waals surface area contributed by atoms with Gasteiger partial charge in [0.05, 0.1) is 13.0 Å². The van der Waals surface area contributed by atoms with Crippen LogP contribution in [0.2, 0.25) is 0 Å². The summed E-state index contributed by atoms with van der Waals surface area (Å²) in [5.74, 6) is -0.141. The molecular weight excluding hydrogens is 276 g/mol. The second-order valence-electron chi connectivity index (χ2n) is 4.84. The summed E-state index contributed by atoms with van der Waals surface area (Å²) in [4.78, 5) is 10.7. The van der Waals surface area contributed by atoms with Crippen LogP contribution in [-0.4, -0.2) is 29.3 Å². The van der Waals surface area contributed by atoms with Crippen molar-refractivity contribution in [1.29, 1.82) is 0 Å². The topological polar surface area (TPSA) is 70.6 Å². The molecule has 1 fully saturated rings. The van der Waals surface area contributed by atoms with Crippen LogP contribution in [0.3, 0.4) is 0 Å². The van der Waals surface area contributed by atoms with Crippen molar-refractivity contribution in [1.82, 2.24) is 10.6 Å². The highest BCUT2D eigenvalue weighted by atomic mass is 32.1. The Hall–Kier alpha value is -1.82. The third-order valence-corrected chi connectivity index (χ3v) is 3.72. The number of aliphatic carboxylic acids is 1. The monoisotopic (exact) mass is 294 g/mol. The van der Waals surface area contributed by atoms with Gasteiger partial charge in [0, 0.05) is 18.2 Å². The first-order valence-corrected chi connectivity index (χ1v) is 6.90. The summed E-state index contributed by atoms with van der Waals surface area (Å²) in [6, 6.07) is 7.89. The Morgan fingerprint density at radius 3 is 2.80 bits per heavy atom. The number of para-hydroxylation sites is 1. The number of nitrogens with one attached hydrogen (secondary N) is 2. The van der Waals surface area contributed by atoms with E-state index in [9.17, 15) is 4.79 Å². The highest BCUT2D eigenvalue weighted by molar-refractivity contribution is 7.80. The van der Waals surface area contributed by atoms with Crippen LogP contribution in [0.15, 0.2) is 24.3 Å². The van der Waals surface area contributed by atoms with Gasteiger partial charge < -0.3 is 20.5 Å². The van der Waals surface area contributed by atoms with E-state index < -0.39 is 5.97 Å².